The Bertz CT molecular complexity index is 1510. The number of phenols is 2. The zero-order valence-corrected chi connectivity index (χ0v) is 21.3. The summed E-state index contributed by atoms with van der Waals surface area (Å²) in [7, 11) is 2.43. The molecule has 0 amide bonds. The fourth-order valence-corrected chi connectivity index (χ4v) is 5.06. The summed E-state index contributed by atoms with van der Waals surface area (Å²) in [5.41, 5.74) is -3.24. The van der Waals surface area contributed by atoms with Crippen molar-refractivity contribution in [3.05, 3.63) is 56.7 Å². The summed E-state index contributed by atoms with van der Waals surface area (Å²) in [6.07, 6.45) is 0. The van der Waals surface area contributed by atoms with Crippen LogP contribution in [0.1, 0.15) is 69.1 Å². The Balaban J connectivity index is 2.25. The van der Waals surface area contributed by atoms with Crippen molar-refractivity contribution in [1.82, 2.24) is 0 Å². The molecule has 2 N–H and O–H groups in total. The van der Waals surface area contributed by atoms with Gasteiger partial charge in [-0.25, -0.2) is 0 Å². The van der Waals surface area contributed by atoms with Crippen LogP contribution in [0.4, 0.5) is 0 Å². The lowest BCUT2D eigenvalue weighted by molar-refractivity contribution is -0.114. The minimum absolute atomic E-state index is 0.160. The van der Waals surface area contributed by atoms with Gasteiger partial charge in [0, 0.05) is 45.5 Å². The maximum Gasteiger partial charge on any atom is 0.201 e. The number of carbonyl (C=O) groups excluding carboxylic acids is 6. The number of hydrogen-bond donors (Lipinski definition) is 2. The number of allylic oxidation sites excluding steroid dienone is 4. The topological polar surface area (TPSA) is 161 Å². The predicted octanol–water partition coefficient (Wildman–Crippen LogP) is 3.35. The lowest BCUT2D eigenvalue weighted by Gasteiger charge is -2.27. The second kappa shape index (κ2) is 8.91. The highest BCUT2D eigenvalue weighted by molar-refractivity contribution is 6.40. The van der Waals surface area contributed by atoms with E-state index >= 15 is 0 Å². The predicted molar refractivity (Wildman–Crippen MR) is 132 cm³/mol. The monoisotopic (exact) mass is 518 g/mol. The van der Waals surface area contributed by atoms with Gasteiger partial charge in [0.15, 0.2) is 23.1 Å². The van der Waals surface area contributed by atoms with Crippen LogP contribution in [0.3, 0.4) is 0 Å². The highest BCUT2D eigenvalue weighted by Gasteiger charge is 2.43. The minimum atomic E-state index is -0.907. The molecule has 0 fully saturated rings. The zero-order valence-electron chi connectivity index (χ0n) is 21.3. The molecule has 0 aliphatic heterocycles. The van der Waals surface area contributed by atoms with E-state index in [1.165, 1.54) is 28.1 Å². The van der Waals surface area contributed by atoms with E-state index in [0.29, 0.717) is 0 Å². The van der Waals surface area contributed by atoms with Crippen molar-refractivity contribution in [2.45, 2.75) is 27.7 Å². The first-order valence-corrected chi connectivity index (χ1v) is 11.3. The third-order valence-electron chi connectivity index (χ3n) is 6.73. The average Bonchev–Trinajstić information content (AvgIpc) is 2.84. The second-order valence-corrected chi connectivity index (χ2v) is 8.87. The maximum absolute atomic E-state index is 13.7. The Morgan fingerprint density at radius 1 is 0.579 bits per heavy atom. The quantitative estimate of drug-likeness (QED) is 0.562. The molecule has 10 heteroatoms. The number of fused-ring (bicyclic) bond motifs is 2. The normalized spacial score (nSPS) is 15.0. The van der Waals surface area contributed by atoms with Gasteiger partial charge in [-0.3, -0.25) is 28.8 Å². The van der Waals surface area contributed by atoms with E-state index in [9.17, 15) is 39.0 Å². The molecule has 4 rings (SSSR count). The number of carbonyl (C=O) groups is 6. The third kappa shape index (κ3) is 3.41. The molecule has 0 saturated heterocycles. The Morgan fingerprint density at radius 2 is 0.895 bits per heavy atom. The largest absolute Gasteiger partial charge is 0.507 e. The van der Waals surface area contributed by atoms with Crippen LogP contribution in [0.5, 0.6) is 23.0 Å². The van der Waals surface area contributed by atoms with Crippen molar-refractivity contribution in [2.75, 3.05) is 14.2 Å². The van der Waals surface area contributed by atoms with Crippen LogP contribution >= 0.6 is 0 Å². The van der Waals surface area contributed by atoms with Gasteiger partial charge < -0.3 is 19.7 Å². The molecule has 194 valence electrons. The van der Waals surface area contributed by atoms with Gasteiger partial charge in [-0.1, -0.05) is 0 Å². The molecule has 0 aromatic heterocycles. The standard InChI is InChI=1S/C28H22O10/c1-9-17(11(3)29)27(35)19-13(31)7-15(37-5)21(23(19)25(9)33)22-16(38-6)8-14(32)20-24(22)26(34)10(2)18(12(4)30)28(20)36/h7-8,31-32H,1-6H3. The minimum Gasteiger partial charge on any atom is -0.507 e. The third-order valence-corrected chi connectivity index (χ3v) is 6.73. The summed E-state index contributed by atoms with van der Waals surface area (Å²) in [6, 6.07) is 2.07. The lowest BCUT2D eigenvalue weighted by Crippen LogP contribution is -2.27. The van der Waals surface area contributed by atoms with Crippen molar-refractivity contribution < 1.29 is 48.5 Å². The van der Waals surface area contributed by atoms with Crippen LogP contribution in [0, 0.1) is 0 Å². The van der Waals surface area contributed by atoms with Gasteiger partial charge in [0.2, 0.25) is 11.6 Å². The summed E-state index contributed by atoms with van der Waals surface area (Å²) < 4.78 is 10.8. The van der Waals surface area contributed by atoms with Crippen molar-refractivity contribution >= 4 is 34.7 Å². The number of aromatic hydroxyl groups is 2. The summed E-state index contributed by atoms with van der Waals surface area (Å²) in [5.74, 6) is -6.39. The fraction of sp³-hybridized carbons (Fsp3) is 0.214. The molecule has 0 spiro atoms. The molecule has 0 unspecified atom stereocenters. The summed E-state index contributed by atoms with van der Waals surface area (Å²) >= 11 is 0. The van der Waals surface area contributed by atoms with Gasteiger partial charge in [0.05, 0.1) is 36.5 Å². The van der Waals surface area contributed by atoms with Gasteiger partial charge in [-0.05, 0) is 27.7 Å². The molecular formula is C28H22O10. The molecule has 0 bridgehead atoms. The Hall–Kier alpha value is -4.86. The summed E-state index contributed by atoms with van der Waals surface area (Å²) in [6.45, 7) is 4.79. The number of methoxy groups -OCH3 is 2. The molecule has 2 aromatic rings. The molecular weight excluding hydrogens is 496 g/mol. The number of ether oxygens (including phenoxy) is 2. The Kier molecular flexibility index (Phi) is 6.15. The van der Waals surface area contributed by atoms with Gasteiger partial charge in [-0.2, -0.15) is 0 Å². The van der Waals surface area contributed by atoms with E-state index in [-0.39, 0.29) is 44.9 Å². The fourth-order valence-electron chi connectivity index (χ4n) is 5.06. The molecule has 2 aliphatic carbocycles. The molecule has 10 nitrogen and oxygen atoms in total. The zero-order chi connectivity index (χ0) is 28.4. The van der Waals surface area contributed by atoms with Crippen molar-refractivity contribution in [1.29, 1.82) is 0 Å². The van der Waals surface area contributed by atoms with Crippen LogP contribution < -0.4 is 9.47 Å². The number of benzene rings is 2. The van der Waals surface area contributed by atoms with E-state index in [0.717, 1.165) is 26.0 Å². The molecule has 0 saturated carbocycles. The highest BCUT2D eigenvalue weighted by atomic mass is 16.5. The van der Waals surface area contributed by atoms with Crippen molar-refractivity contribution in [3.8, 4) is 34.1 Å². The van der Waals surface area contributed by atoms with Crippen molar-refractivity contribution in [3.63, 3.8) is 0 Å². The van der Waals surface area contributed by atoms with Gasteiger partial charge in [-0.15, -0.1) is 0 Å². The number of hydrogen-bond acceptors (Lipinski definition) is 10. The van der Waals surface area contributed by atoms with Gasteiger partial charge >= 0.3 is 0 Å². The van der Waals surface area contributed by atoms with Gasteiger partial charge in [0.1, 0.15) is 23.0 Å². The molecule has 0 heterocycles. The SMILES string of the molecule is COc1cc(O)c2c(c1-c1c(OC)cc(O)c3c1C(=O)C(C)=C(C(C)=O)C3=O)C(=O)C(C)=C(C(C)=O)C2=O. The van der Waals surface area contributed by atoms with Crippen LogP contribution in [-0.2, 0) is 9.59 Å². The van der Waals surface area contributed by atoms with Gasteiger partial charge in [0.25, 0.3) is 0 Å². The maximum atomic E-state index is 13.7. The van der Waals surface area contributed by atoms with E-state index in [2.05, 4.69) is 0 Å². The van der Waals surface area contributed by atoms with Crippen LogP contribution in [-0.4, -0.2) is 59.1 Å². The molecule has 0 radical (unpaired) electrons. The number of phenolic OH excluding ortho intramolecular Hbond substituents is 2. The summed E-state index contributed by atoms with van der Waals surface area (Å²) in [5, 5.41) is 21.5. The second-order valence-electron chi connectivity index (χ2n) is 8.87. The van der Waals surface area contributed by atoms with Crippen molar-refractivity contribution in [2.24, 2.45) is 0 Å². The smallest absolute Gasteiger partial charge is 0.201 e. The number of ketones is 6. The number of rotatable bonds is 5. The Labute approximate surface area is 216 Å². The van der Waals surface area contributed by atoms with Crippen LogP contribution in [0.25, 0.3) is 11.1 Å². The first-order valence-electron chi connectivity index (χ1n) is 11.3. The Morgan fingerprint density at radius 3 is 1.16 bits per heavy atom. The first kappa shape index (κ1) is 26.2. The lowest BCUT2D eigenvalue weighted by atomic mass is 9.75. The van der Waals surface area contributed by atoms with E-state index < -0.39 is 68.5 Å². The molecule has 0 atom stereocenters. The average molecular weight is 518 g/mol. The summed E-state index contributed by atoms with van der Waals surface area (Å²) in [4.78, 5) is 78.4. The molecule has 2 aromatic carbocycles. The van der Waals surface area contributed by atoms with E-state index in [4.69, 9.17) is 9.47 Å². The first-order chi connectivity index (χ1) is 17.8. The number of Topliss-reactive ketones (excluding diaryl/α,β-unsaturated/α-hetero) is 6. The van der Waals surface area contributed by atoms with E-state index in [1.54, 1.807) is 0 Å². The molecule has 38 heavy (non-hydrogen) atoms. The van der Waals surface area contributed by atoms with Crippen LogP contribution in [0.2, 0.25) is 0 Å². The highest BCUT2D eigenvalue weighted by Crippen LogP contribution is 2.51. The molecule has 2 aliphatic rings. The van der Waals surface area contributed by atoms with Crippen LogP contribution in [0.15, 0.2) is 34.4 Å². The van der Waals surface area contributed by atoms with E-state index in [1.807, 2.05) is 0 Å².